The van der Waals surface area contributed by atoms with Crippen LogP contribution < -0.4 is 10.6 Å². The minimum atomic E-state index is -4.36. The van der Waals surface area contributed by atoms with Crippen LogP contribution >= 0.6 is 0 Å². The maximum absolute atomic E-state index is 12.8. The molecule has 57 heavy (non-hydrogen) atoms. The molecular formula is C35H62N2O18S2. The number of esters is 4. The maximum Gasteiger partial charge on any atom is 0.410 e. The number of carbonyl (C=O) groups is 6. The number of rotatable bonds is 26. The first kappa shape index (κ1) is 53.2. The molecule has 22 heteroatoms. The number of hydrogen-bond acceptors (Lipinski definition) is 18. The zero-order valence-corrected chi connectivity index (χ0v) is 36.6. The van der Waals surface area contributed by atoms with Gasteiger partial charge in [-0.2, -0.15) is 16.8 Å². The lowest BCUT2D eigenvalue weighted by molar-refractivity contribution is -0.170. The van der Waals surface area contributed by atoms with Crippen molar-refractivity contribution in [3.8, 4) is 0 Å². The Kier molecular flexibility index (Phi) is 22.6. The largest absolute Gasteiger partial charge is 0.466 e. The van der Waals surface area contributed by atoms with Crippen molar-refractivity contribution >= 4 is 56.3 Å². The third-order valence-electron chi connectivity index (χ3n) is 7.99. The van der Waals surface area contributed by atoms with E-state index in [1.165, 1.54) is 41.5 Å². The average molecular weight is 863 g/mol. The molecule has 0 heterocycles. The Labute approximate surface area is 336 Å². The van der Waals surface area contributed by atoms with Gasteiger partial charge in [-0.15, -0.1) is 0 Å². The Morgan fingerprint density at radius 2 is 0.842 bits per heavy atom. The summed E-state index contributed by atoms with van der Waals surface area (Å²) in [6.45, 7) is 16.3. The van der Waals surface area contributed by atoms with Crippen LogP contribution in [-0.2, 0) is 76.2 Å². The summed E-state index contributed by atoms with van der Waals surface area (Å²) < 4.78 is 91.7. The highest BCUT2D eigenvalue weighted by Crippen LogP contribution is 2.30. The predicted molar refractivity (Wildman–Crippen MR) is 202 cm³/mol. The van der Waals surface area contributed by atoms with Crippen molar-refractivity contribution in [2.75, 3.05) is 51.0 Å². The summed E-state index contributed by atoms with van der Waals surface area (Å²) in [6.07, 6.45) is -4.95. The minimum absolute atomic E-state index is 0.0160. The fourth-order valence-corrected chi connectivity index (χ4v) is 6.84. The van der Waals surface area contributed by atoms with E-state index in [0.29, 0.717) is 0 Å². The molecule has 0 radical (unpaired) electrons. The summed E-state index contributed by atoms with van der Waals surface area (Å²) in [5.41, 5.74) is -2.52. The van der Waals surface area contributed by atoms with Crippen LogP contribution in [0.2, 0.25) is 0 Å². The maximum atomic E-state index is 12.8. The van der Waals surface area contributed by atoms with Gasteiger partial charge in [0.2, 0.25) is 12.6 Å². The molecule has 332 valence electrons. The average Bonchev–Trinajstić information content (AvgIpc) is 3.06. The molecule has 0 aliphatic heterocycles. The predicted octanol–water partition coefficient (Wildman–Crippen LogP) is 3.02. The molecule has 0 rings (SSSR count). The fourth-order valence-electron chi connectivity index (χ4n) is 4.46. The number of ether oxygens (including phenoxy) is 6. The van der Waals surface area contributed by atoms with E-state index >= 15 is 0 Å². The molecule has 2 N–H and O–H groups in total. The molecule has 4 atom stereocenters. The molecule has 0 saturated carbocycles. The molecule has 0 aromatic carbocycles. The normalized spacial score (nSPS) is 14.4. The Bertz CT molecular complexity index is 1450. The van der Waals surface area contributed by atoms with Gasteiger partial charge < -0.3 is 39.1 Å². The molecule has 0 spiro atoms. The van der Waals surface area contributed by atoms with Crippen LogP contribution in [-0.4, -0.2) is 117 Å². The third-order valence-corrected chi connectivity index (χ3v) is 10.5. The van der Waals surface area contributed by atoms with Crippen molar-refractivity contribution in [2.24, 2.45) is 34.5 Å². The molecule has 0 aromatic heterocycles. The highest BCUT2D eigenvalue weighted by atomic mass is 32.2. The Morgan fingerprint density at radius 3 is 1.12 bits per heavy atom. The van der Waals surface area contributed by atoms with Crippen molar-refractivity contribution in [1.29, 1.82) is 0 Å². The van der Waals surface area contributed by atoms with Gasteiger partial charge in [0.05, 0.1) is 61.6 Å². The second kappa shape index (κ2) is 24.2. The first-order valence-electron chi connectivity index (χ1n) is 18.5. The minimum Gasteiger partial charge on any atom is -0.466 e. The topological polar surface area (TPSA) is 269 Å². The lowest BCUT2D eigenvalue weighted by atomic mass is 9.79. The van der Waals surface area contributed by atoms with Gasteiger partial charge >= 0.3 is 36.1 Å². The van der Waals surface area contributed by atoms with Crippen LogP contribution in [0, 0.1) is 34.5 Å². The first-order valence-corrected chi connectivity index (χ1v) is 21.6. The summed E-state index contributed by atoms with van der Waals surface area (Å²) in [4.78, 5) is 73.8. The molecular weight excluding hydrogens is 801 g/mol. The van der Waals surface area contributed by atoms with Gasteiger partial charge in [0.1, 0.15) is 0 Å². The third kappa shape index (κ3) is 21.5. The van der Waals surface area contributed by atoms with Crippen molar-refractivity contribution in [2.45, 2.75) is 102 Å². The van der Waals surface area contributed by atoms with Crippen molar-refractivity contribution in [1.82, 2.24) is 10.6 Å². The number of hydrogen-bond donors (Lipinski definition) is 2. The highest BCUT2D eigenvalue weighted by Gasteiger charge is 2.40. The standard InChI is InChI=1S/C35H62N2O18S2/c1-13-48-30(40)26(18-36-32(42)54-24(7)52-28(38)22(3)4)34(9,10)20-50-56(44,45)16-15-17-57(46,47)51-21-35(11,12)27(31(41)49-14-2)19-37-33(43)55-25(8)53-29(39)23(5)6/h22-27H,13-21H2,1-12H3,(H,36,42)(H,37,43)/t24?,25?,26-,27-/m0/s1. The number of alkyl carbamates (subject to hydrolysis) is 2. The van der Waals surface area contributed by atoms with E-state index in [0.717, 1.165) is 0 Å². The summed E-state index contributed by atoms with van der Waals surface area (Å²) in [5.74, 6) is -7.44. The second-order valence-electron chi connectivity index (χ2n) is 14.9. The molecule has 0 aliphatic carbocycles. The monoisotopic (exact) mass is 862 g/mol. The quantitative estimate of drug-likeness (QED) is 0.0547. The molecule has 0 bridgehead atoms. The summed E-state index contributed by atoms with van der Waals surface area (Å²) in [5, 5.41) is 4.75. The summed E-state index contributed by atoms with van der Waals surface area (Å²) in [6, 6.07) is 0. The van der Waals surface area contributed by atoms with E-state index in [1.54, 1.807) is 41.5 Å². The first-order chi connectivity index (χ1) is 26.1. The van der Waals surface area contributed by atoms with Crippen molar-refractivity contribution in [3.05, 3.63) is 0 Å². The van der Waals surface area contributed by atoms with Crippen LogP contribution in [0.3, 0.4) is 0 Å². The van der Waals surface area contributed by atoms with E-state index in [-0.39, 0.29) is 26.3 Å². The second-order valence-corrected chi connectivity index (χ2v) is 18.4. The zero-order valence-electron chi connectivity index (χ0n) is 35.0. The Hall–Kier alpha value is -3.76. The van der Waals surface area contributed by atoms with Crippen LogP contribution in [0.25, 0.3) is 0 Å². The molecule has 20 nitrogen and oxygen atoms in total. The Morgan fingerprint density at radius 1 is 0.526 bits per heavy atom. The van der Waals surface area contributed by atoms with Gasteiger partial charge in [-0.1, -0.05) is 55.4 Å². The smallest absolute Gasteiger partial charge is 0.410 e. The van der Waals surface area contributed by atoms with Gasteiger partial charge in [-0.05, 0) is 20.3 Å². The van der Waals surface area contributed by atoms with Gasteiger partial charge in [0.15, 0.2) is 0 Å². The van der Waals surface area contributed by atoms with Crippen LogP contribution in [0.5, 0.6) is 0 Å². The van der Waals surface area contributed by atoms with Crippen LogP contribution in [0.4, 0.5) is 9.59 Å². The zero-order chi connectivity index (χ0) is 44.4. The highest BCUT2D eigenvalue weighted by molar-refractivity contribution is 7.87. The number of carbonyl (C=O) groups excluding carboxylic acids is 6. The van der Waals surface area contributed by atoms with Gasteiger partial charge in [-0.25, -0.2) is 9.59 Å². The van der Waals surface area contributed by atoms with Crippen LogP contribution in [0.15, 0.2) is 0 Å². The molecule has 0 saturated heterocycles. The van der Waals surface area contributed by atoms with Gasteiger partial charge in [0.25, 0.3) is 20.2 Å². The van der Waals surface area contributed by atoms with E-state index in [1.807, 2.05) is 0 Å². The van der Waals surface area contributed by atoms with Gasteiger partial charge in [-0.3, -0.25) is 27.5 Å². The van der Waals surface area contributed by atoms with Gasteiger partial charge in [0, 0.05) is 37.8 Å². The molecule has 2 unspecified atom stereocenters. The number of amides is 2. The molecule has 0 aromatic rings. The SMILES string of the molecule is CCOC(=O)[C@H](CNC(=O)OC(C)OC(=O)C(C)C)C(C)(C)COS(=O)(=O)CCCS(=O)(=O)OCC(C)(C)[C@@H](CNC(=O)OC(C)OC(=O)C(C)C)C(=O)OCC. The Balaban J connectivity index is 5.38. The summed E-state index contributed by atoms with van der Waals surface area (Å²) in [7, 11) is -8.72. The van der Waals surface area contributed by atoms with Crippen molar-refractivity contribution in [3.63, 3.8) is 0 Å². The lowest BCUT2D eigenvalue weighted by Crippen LogP contribution is -2.45. The number of nitrogens with one attached hydrogen (secondary N) is 2. The fraction of sp³-hybridized carbons (Fsp3) is 0.829. The molecule has 0 aliphatic rings. The van der Waals surface area contributed by atoms with Crippen molar-refractivity contribution < 1.29 is 82.4 Å². The molecule has 2 amide bonds. The van der Waals surface area contributed by atoms with E-state index in [2.05, 4.69) is 10.6 Å². The molecule has 0 fully saturated rings. The van der Waals surface area contributed by atoms with E-state index in [4.69, 9.17) is 36.8 Å². The lowest BCUT2D eigenvalue weighted by Gasteiger charge is -2.32. The van der Waals surface area contributed by atoms with E-state index in [9.17, 15) is 45.6 Å². The van der Waals surface area contributed by atoms with E-state index < -0.39 is 135 Å². The van der Waals surface area contributed by atoms with Crippen LogP contribution in [0.1, 0.15) is 89.5 Å². The summed E-state index contributed by atoms with van der Waals surface area (Å²) >= 11 is 0.